The minimum absolute atomic E-state index is 0.264. The summed E-state index contributed by atoms with van der Waals surface area (Å²) in [5.74, 6) is 0.370. The molecule has 0 spiro atoms. The second kappa shape index (κ2) is 8.80. The number of nitrogens with zero attached hydrogens (tertiary/aromatic N) is 1. The summed E-state index contributed by atoms with van der Waals surface area (Å²) in [4.78, 5) is 27.0. The number of carbonyl (C=O) groups is 1. The molecule has 6 nitrogen and oxygen atoms in total. The van der Waals surface area contributed by atoms with Crippen molar-refractivity contribution in [3.63, 3.8) is 0 Å². The zero-order valence-electron chi connectivity index (χ0n) is 15.1. The van der Waals surface area contributed by atoms with Crippen LogP contribution in [0.25, 0.3) is 10.9 Å². The molecule has 1 heterocycles. The topological polar surface area (TPSA) is 83.5 Å². The minimum Gasteiger partial charge on any atom is -0.494 e. The molecule has 2 N–H and O–H groups in total. The highest BCUT2D eigenvalue weighted by atomic mass is 16.5. The average Bonchev–Trinajstić information content (AvgIpc) is 2.69. The van der Waals surface area contributed by atoms with Gasteiger partial charge in [0.2, 0.25) is 0 Å². The highest BCUT2D eigenvalue weighted by Crippen LogP contribution is 2.13. The fourth-order valence-electron chi connectivity index (χ4n) is 2.52. The number of H-pyrrole nitrogens is 1. The molecule has 3 aromatic rings. The summed E-state index contributed by atoms with van der Waals surface area (Å²) in [5, 5.41) is 4.79. The minimum atomic E-state index is -0.358. The van der Waals surface area contributed by atoms with E-state index < -0.39 is 0 Å². The third-order valence-electron chi connectivity index (χ3n) is 4.04. The van der Waals surface area contributed by atoms with Crippen LogP contribution in [0.4, 0.5) is 0 Å². The number of hydrogen-bond donors (Lipinski definition) is 2. The maximum atomic E-state index is 12.2. The van der Waals surface area contributed by atoms with Crippen molar-refractivity contribution < 1.29 is 9.53 Å². The van der Waals surface area contributed by atoms with Crippen LogP contribution in [0.5, 0.6) is 5.75 Å². The van der Waals surface area contributed by atoms with Gasteiger partial charge in [0, 0.05) is 11.1 Å². The Morgan fingerprint density at radius 2 is 1.96 bits per heavy atom. The lowest BCUT2D eigenvalue weighted by Crippen LogP contribution is -2.19. The van der Waals surface area contributed by atoms with E-state index in [9.17, 15) is 9.59 Å². The van der Waals surface area contributed by atoms with E-state index in [4.69, 9.17) is 4.74 Å². The van der Waals surface area contributed by atoms with Crippen LogP contribution in [-0.2, 0) is 0 Å². The normalized spacial score (nSPS) is 11.0. The summed E-state index contributed by atoms with van der Waals surface area (Å²) in [6, 6.07) is 16.0. The summed E-state index contributed by atoms with van der Waals surface area (Å²) in [6.45, 7) is 2.76. The van der Waals surface area contributed by atoms with Crippen LogP contribution >= 0.6 is 0 Å². The Labute approximate surface area is 156 Å². The zero-order chi connectivity index (χ0) is 19.1. The molecule has 0 aliphatic heterocycles. The highest BCUT2D eigenvalue weighted by molar-refractivity contribution is 5.95. The van der Waals surface area contributed by atoms with E-state index in [2.05, 4.69) is 22.4 Å². The Morgan fingerprint density at radius 3 is 2.74 bits per heavy atom. The van der Waals surface area contributed by atoms with Gasteiger partial charge in [0.15, 0.2) is 0 Å². The number of rotatable bonds is 7. The van der Waals surface area contributed by atoms with Crippen molar-refractivity contribution in [3.05, 3.63) is 76.1 Å². The molecule has 0 aliphatic carbocycles. The van der Waals surface area contributed by atoms with E-state index in [1.54, 1.807) is 30.3 Å². The van der Waals surface area contributed by atoms with Crippen LogP contribution in [-0.4, -0.2) is 23.7 Å². The highest BCUT2D eigenvalue weighted by Gasteiger charge is 2.05. The molecular formula is C21H21N3O3. The molecule has 0 unspecified atom stereocenters. The molecule has 6 heteroatoms. The molecule has 138 valence electrons. The quantitative estimate of drug-likeness (QED) is 0.383. The molecule has 27 heavy (non-hydrogen) atoms. The number of hydrogen-bond acceptors (Lipinski definition) is 4. The van der Waals surface area contributed by atoms with Crippen LogP contribution in [0.3, 0.4) is 0 Å². The van der Waals surface area contributed by atoms with Crippen LogP contribution in [0, 0.1) is 0 Å². The van der Waals surface area contributed by atoms with Gasteiger partial charge in [-0.25, -0.2) is 5.43 Å². The first-order chi connectivity index (χ1) is 13.2. The molecule has 0 bridgehead atoms. The Hall–Kier alpha value is -3.41. The molecule has 0 saturated heterocycles. The molecule has 0 aliphatic rings. The smallest absolute Gasteiger partial charge is 0.271 e. The third kappa shape index (κ3) is 4.82. The van der Waals surface area contributed by atoms with Crippen LogP contribution in [0.1, 0.15) is 35.7 Å². The van der Waals surface area contributed by atoms with Crippen molar-refractivity contribution in [2.75, 3.05) is 6.61 Å². The first-order valence-corrected chi connectivity index (χ1v) is 8.85. The molecule has 3 rings (SSSR count). The number of nitrogens with one attached hydrogen (secondary N) is 2. The summed E-state index contributed by atoms with van der Waals surface area (Å²) < 4.78 is 5.57. The number of pyridine rings is 1. The largest absolute Gasteiger partial charge is 0.494 e. The van der Waals surface area contributed by atoms with Crippen molar-refractivity contribution in [2.45, 2.75) is 19.8 Å². The molecule has 0 atom stereocenters. The molecule has 2 aromatic carbocycles. The average molecular weight is 363 g/mol. The molecular weight excluding hydrogens is 342 g/mol. The van der Waals surface area contributed by atoms with E-state index >= 15 is 0 Å². The second-order valence-corrected chi connectivity index (χ2v) is 6.07. The lowest BCUT2D eigenvalue weighted by molar-refractivity contribution is 0.0955. The van der Waals surface area contributed by atoms with Crippen LogP contribution < -0.4 is 15.7 Å². The monoisotopic (exact) mass is 363 g/mol. The molecule has 0 radical (unpaired) electrons. The van der Waals surface area contributed by atoms with Crippen molar-refractivity contribution in [3.8, 4) is 5.75 Å². The maximum Gasteiger partial charge on any atom is 0.271 e. The van der Waals surface area contributed by atoms with E-state index in [0.717, 1.165) is 29.5 Å². The number of benzene rings is 2. The summed E-state index contributed by atoms with van der Waals surface area (Å²) >= 11 is 0. The zero-order valence-corrected chi connectivity index (χ0v) is 15.1. The summed E-state index contributed by atoms with van der Waals surface area (Å²) in [6.07, 6.45) is 3.40. The third-order valence-corrected chi connectivity index (χ3v) is 4.04. The number of amides is 1. The number of ether oxygens (including phenoxy) is 1. The standard InChI is InChI=1S/C21H21N3O3/c1-2-3-12-27-18-10-8-15(9-11-18)21(26)24-22-14-17-13-16-6-4-5-7-19(16)23-20(17)25/h4-11,13-14H,2-3,12H2,1H3,(H,23,25)(H,24,26)/b22-14+. The van der Waals surface area contributed by atoms with Crippen molar-refractivity contribution in [2.24, 2.45) is 5.10 Å². The Bertz CT molecular complexity index is 1010. The van der Waals surface area contributed by atoms with Gasteiger partial charge in [-0.3, -0.25) is 9.59 Å². The SMILES string of the molecule is CCCCOc1ccc(C(=O)N/N=C/c2cc3ccccc3[nH]c2=O)cc1. The Morgan fingerprint density at radius 1 is 1.19 bits per heavy atom. The van der Waals surface area contributed by atoms with Gasteiger partial charge in [-0.05, 0) is 48.2 Å². The molecule has 0 fully saturated rings. The van der Waals surface area contributed by atoms with E-state index in [0.29, 0.717) is 17.7 Å². The predicted octanol–water partition coefficient (Wildman–Crippen LogP) is 3.47. The van der Waals surface area contributed by atoms with Gasteiger partial charge in [-0.2, -0.15) is 5.10 Å². The number of fused-ring (bicyclic) bond motifs is 1. The maximum absolute atomic E-state index is 12.2. The Balaban J connectivity index is 1.63. The predicted molar refractivity (Wildman–Crippen MR) is 106 cm³/mol. The number of para-hydroxylation sites is 1. The summed E-state index contributed by atoms with van der Waals surface area (Å²) in [5.41, 5.74) is 3.75. The molecule has 1 aromatic heterocycles. The number of aromatic nitrogens is 1. The van der Waals surface area contributed by atoms with E-state index in [1.807, 2.05) is 24.3 Å². The van der Waals surface area contributed by atoms with E-state index in [1.165, 1.54) is 6.21 Å². The van der Waals surface area contributed by atoms with Crippen molar-refractivity contribution in [1.29, 1.82) is 0 Å². The Kier molecular flexibility index (Phi) is 5.99. The van der Waals surface area contributed by atoms with Gasteiger partial charge in [0.25, 0.3) is 11.5 Å². The molecule has 1 amide bonds. The van der Waals surface area contributed by atoms with Crippen LogP contribution in [0.15, 0.2) is 64.5 Å². The first kappa shape index (κ1) is 18.4. The summed E-state index contributed by atoms with van der Waals surface area (Å²) in [7, 11) is 0. The second-order valence-electron chi connectivity index (χ2n) is 6.07. The number of unbranched alkanes of at least 4 members (excludes halogenated alkanes) is 1. The van der Waals surface area contributed by atoms with Crippen molar-refractivity contribution >= 4 is 23.0 Å². The fourth-order valence-corrected chi connectivity index (χ4v) is 2.52. The van der Waals surface area contributed by atoms with Crippen LogP contribution in [0.2, 0.25) is 0 Å². The van der Waals surface area contributed by atoms with Gasteiger partial charge in [-0.1, -0.05) is 31.5 Å². The van der Waals surface area contributed by atoms with Gasteiger partial charge in [-0.15, -0.1) is 0 Å². The van der Waals surface area contributed by atoms with E-state index in [-0.39, 0.29) is 11.5 Å². The van der Waals surface area contributed by atoms with Gasteiger partial charge in [0.1, 0.15) is 5.75 Å². The van der Waals surface area contributed by atoms with Crippen molar-refractivity contribution in [1.82, 2.24) is 10.4 Å². The van der Waals surface area contributed by atoms with Gasteiger partial charge < -0.3 is 9.72 Å². The molecule has 0 saturated carbocycles. The fraction of sp³-hybridized carbons (Fsp3) is 0.190. The number of aromatic amines is 1. The van der Waals surface area contributed by atoms with Gasteiger partial charge >= 0.3 is 0 Å². The number of hydrazone groups is 1. The lowest BCUT2D eigenvalue weighted by atomic mass is 10.2. The lowest BCUT2D eigenvalue weighted by Gasteiger charge is -2.06. The van der Waals surface area contributed by atoms with Gasteiger partial charge in [0.05, 0.1) is 18.4 Å². The first-order valence-electron chi connectivity index (χ1n) is 8.85. The number of carbonyl (C=O) groups excluding carboxylic acids is 1.